The van der Waals surface area contributed by atoms with Gasteiger partial charge in [-0.1, -0.05) is 12.1 Å². The predicted molar refractivity (Wildman–Crippen MR) is 63.0 cm³/mol. The van der Waals surface area contributed by atoms with Crippen LogP contribution in [0.15, 0.2) is 24.3 Å². The molecule has 16 heavy (non-hydrogen) atoms. The summed E-state index contributed by atoms with van der Waals surface area (Å²) in [7, 11) is 1.63. The van der Waals surface area contributed by atoms with Crippen molar-refractivity contribution in [1.29, 1.82) is 0 Å². The maximum atomic E-state index is 5.57. The Balaban J connectivity index is 2.21. The summed E-state index contributed by atoms with van der Waals surface area (Å²) < 4.78 is 16.0. The van der Waals surface area contributed by atoms with Crippen molar-refractivity contribution in [2.45, 2.75) is 6.42 Å². The fourth-order valence-corrected chi connectivity index (χ4v) is 1.27. The summed E-state index contributed by atoms with van der Waals surface area (Å²) in [6.07, 6.45) is 0.845. The first-order chi connectivity index (χ1) is 7.88. The van der Waals surface area contributed by atoms with E-state index in [1.54, 1.807) is 7.11 Å². The molecular weight excluding hydrogens is 206 g/mol. The van der Waals surface area contributed by atoms with Crippen molar-refractivity contribution in [3.05, 3.63) is 24.3 Å². The van der Waals surface area contributed by atoms with Crippen LogP contribution in [0.4, 0.5) is 0 Å². The van der Waals surface area contributed by atoms with E-state index in [1.807, 2.05) is 24.3 Å². The van der Waals surface area contributed by atoms with E-state index in [4.69, 9.17) is 19.9 Å². The van der Waals surface area contributed by atoms with Gasteiger partial charge in [-0.25, -0.2) is 0 Å². The zero-order valence-corrected chi connectivity index (χ0v) is 9.65. The number of para-hydroxylation sites is 2. The molecule has 4 heteroatoms. The van der Waals surface area contributed by atoms with Gasteiger partial charge in [0.2, 0.25) is 0 Å². The van der Waals surface area contributed by atoms with Crippen LogP contribution in [0.3, 0.4) is 0 Å². The average molecular weight is 225 g/mol. The van der Waals surface area contributed by atoms with E-state index >= 15 is 0 Å². The van der Waals surface area contributed by atoms with Gasteiger partial charge >= 0.3 is 0 Å². The highest BCUT2D eigenvalue weighted by Crippen LogP contribution is 2.25. The molecule has 0 radical (unpaired) electrons. The Morgan fingerprint density at radius 3 is 2.50 bits per heavy atom. The summed E-state index contributed by atoms with van der Waals surface area (Å²) in [5.41, 5.74) is 5.30. The van der Waals surface area contributed by atoms with Crippen LogP contribution in [-0.4, -0.2) is 33.5 Å². The van der Waals surface area contributed by atoms with Crippen molar-refractivity contribution >= 4 is 0 Å². The molecule has 0 fully saturated rings. The summed E-state index contributed by atoms with van der Waals surface area (Å²) in [5, 5.41) is 0. The SMILES string of the molecule is COc1ccccc1OCCCOCCN. The van der Waals surface area contributed by atoms with Crippen LogP contribution in [-0.2, 0) is 4.74 Å². The third-order valence-electron chi connectivity index (χ3n) is 2.02. The number of ether oxygens (including phenoxy) is 3. The lowest BCUT2D eigenvalue weighted by Crippen LogP contribution is -2.10. The van der Waals surface area contributed by atoms with Crippen LogP contribution < -0.4 is 15.2 Å². The zero-order chi connectivity index (χ0) is 11.6. The normalized spacial score (nSPS) is 10.1. The van der Waals surface area contributed by atoms with Gasteiger partial charge in [0.1, 0.15) is 0 Å². The van der Waals surface area contributed by atoms with Crippen molar-refractivity contribution in [1.82, 2.24) is 0 Å². The third kappa shape index (κ3) is 4.51. The molecule has 90 valence electrons. The summed E-state index contributed by atoms with van der Waals surface area (Å²) >= 11 is 0. The van der Waals surface area contributed by atoms with Crippen molar-refractivity contribution in [2.24, 2.45) is 5.73 Å². The molecule has 0 aliphatic carbocycles. The molecule has 4 nitrogen and oxygen atoms in total. The Morgan fingerprint density at radius 1 is 1.06 bits per heavy atom. The summed E-state index contributed by atoms with van der Waals surface area (Å²) in [4.78, 5) is 0. The van der Waals surface area contributed by atoms with E-state index < -0.39 is 0 Å². The first-order valence-electron chi connectivity index (χ1n) is 5.42. The van der Waals surface area contributed by atoms with E-state index in [2.05, 4.69) is 0 Å². The van der Waals surface area contributed by atoms with Gasteiger partial charge in [0, 0.05) is 19.6 Å². The smallest absolute Gasteiger partial charge is 0.161 e. The molecule has 1 rings (SSSR count). The van der Waals surface area contributed by atoms with Gasteiger partial charge in [0.25, 0.3) is 0 Å². The lowest BCUT2D eigenvalue weighted by molar-refractivity contribution is 0.125. The Labute approximate surface area is 96.3 Å². The minimum absolute atomic E-state index is 0.563. The Kier molecular flexibility index (Phi) is 6.37. The maximum Gasteiger partial charge on any atom is 0.161 e. The second-order valence-electron chi connectivity index (χ2n) is 3.25. The number of nitrogens with two attached hydrogens (primary N) is 1. The molecule has 0 aliphatic heterocycles. The van der Waals surface area contributed by atoms with Gasteiger partial charge in [-0.05, 0) is 12.1 Å². The monoisotopic (exact) mass is 225 g/mol. The minimum Gasteiger partial charge on any atom is -0.493 e. The van der Waals surface area contributed by atoms with E-state index in [9.17, 15) is 0 Å². The molecule has 0 unspecified atom stereocenters. The second kappa shape index (κ2) is 7.96. The van der Waals surface area contributed by atoms with Gasteiger partial charge in [0.05, 0.1) is 20.3 Å². The zero-order valence-electron chi connectivity index (χ0n) is 9.65. The van der Waals surface area contributed by atoms with Gasteiger partial charge in [-0.2, -0.15) is 0 Å². The van der Waals surface area contributed by atoms with Crippen molar-refractivity contribution < 1.29 is 14.2 Å². The number of benzene rings is 1. The highest BCUT2D eigenvalue weighted by atomic mass is 16.5. The van der Waals surface area contributed by atoms with Crippen LogP contribution >= 0.6 is 0 Å². The fraction of sp³-hybridized carbons (Fsp3) is 0.500. The van der Waals surface area contributed by atoms with E-state index in [-0.39, 0.29) is 0 Å². The number of rotatable bonds is 8. The Bertz CT molecular complexity index is 291. The molecular formula is C12H19NO3. The number of methoxy groups -OCH3 is 1. The second-order valence-corrected chi connectivity index (χ2v) is 3.25. The fourth-order valence-electron chi connectivity index (χ4n) is 1.27. The van der Waals surface area contributed by atoms with E-state index in [0.717, 1.165) is 17.9 Å². The molecule has 0 amide bonds. The highest BCUT2D eigenvalue weighted by molar-refractivity contribution is 5.39. The summed E-state index contributed by atoms with van der Waals surface area (Å²) in [6, 6.07) is 7.60. The molecule has 1 aromatic rings. The van der Waals surface area contributed by atoms with Gasteiger partial charge in [-0.3, -0.25) is 0 Å². The van der Waals surface area contributed by atoms with Crippen LogP contribution in [0, 0.1) is 0 Å². The molecule has 0 heterocycles. The largest absolute Gasteiger partial charge is 0.493 e. The van der Waals surface area contributed by atoms with Crippen LogP contribution in [0.1, 0.15) is 6.42 Å². The molecule has 0 spiro atoms. The van der Waals surface area contributed by atoms with Crippen molar-refractivity contribution in [3.8, 4) is 11.5 Å². The van der Waals surface area contributed by atoms with Crippen LogP contribution in [0.25, 0.3) is 0 Å². The predicted octanol–water partition coefficient (Wildman–Crippen LogP) is 1.44. The van der Waals surface area contributed by atoms with Gasteiger partial charge in [0.15, 0.2) is 11.5 Å². The standard InChI is InChI=1S/C12H19NO3/c1-14-11-5-2-3-6-12(11)16-9-4-8-15-10-7-13/h2-3,5-6H,4,7-10,13H2,1H3. The average Bonchev–Trinajstić information content (AvgIpc) is 2.34. The molecule has 0 aliphatic rings. The number of hydrogen-bond donors (Lipinski definition) is 1. The number of hydrogen-bond acceptors (Lipinski definition) is 4. The van der Waals surface area contributed by atoms with E-state index in [0.29, 0.717) is 26.4 Å². The summed E-state index contributed by atoms with van der Waals surface area (Å²) in [6.45, 7) is 2.46. The molecule has 1 aromatic carbocycles. The van der Waals surface area contributed by atoms with Crippen LogP contribution in [0.2, 0.25) is 0 Å². The topological polar surface area (TPSA) is 53.7 Å². The summed E-state index contributed by atoms with van der Waals surface area (Å²) in [5.74, 6) is 1.52. The van der Waals surface area contributed by atoms with Crippen LogP contribution in [0.5, 0.6) is 11.5 Å². The van der Waals surface area contributed by atoms with Crippen molar-refractivity contribution in [3.63, 3.8) is 0 Å². The maximum absolute atomic E-state index is 5.57. The third-order valence-corrected chi connectivity index (χ3v) is 2.02. The highest BCUT2D eigenvalue weighted by Gasteiger charge is 2.01. The minimum atomic E-state index is 0.563. The first-order valence-corrected chi connectivity index (χ1v) is 5.42. The molecule has 0 saturated carbocycles. The van der Waals surface area contributed by atoms with E-state index in [1.165, 1.54) is 0 Å². The molecule has 0 atom stereocenters. The van der Waals surface area contributed by atoms with Gasteiger partial charge < -0.3 is 19.9 Å². The first kappa shape index (κ1) is 12.8. The molecule has 2 N–H and O–H groups in total. The Morgan fingerprint density at radius 2 is 1.81 bits per heavy atom. The quantitative estimate of drug-likeness (QED) is 0.680. The lowest BCUT2D eigenvalue weighted by atomic mass is 10.3. The Hall–Kier alpha value is -1.26. The van der Waals surface area contributed by atoms with Gasteiger partial charge in [-0.15, -0.1) is 0 Å². The van der Waals surface area contributed by atoms with Crippen molar-refractivity contribution in [2.75, 3.05) is 33.5 Å². The molecule has 0 aromatic heterocycles. The molecule has 0 saturated heterocycles. The molecule has 0 bridgehead atoms. The lowest BCUT2D eigenvalue weighted by Gasteiger charge is -2.10.